The summed E-state index contributed by atoms with van der Waals surface area (Å²) in [5.41, 5.74) is -0.220. The summed E-state index contributed by atoms with van der Waals surface area (Å²) in [7, 11) is 6.37. The molecule has 0 aliphatic carbocycles. The first-order valence-electron chi connectivity index (χ1n) is 14.9. The lowest BCUT2D eigenvalue weighted by Gasteiger charge is -2.33. The van der Waals surface area contributed by atoms with Gasteiger partial charge in [0.25, 0.3) is 5.91 Å². The third-order valence-electron chi connectivity index (χ3n) is 7.28. The number of furan rings is 1. The zero-order valence-electron chi connectivity index (χ0n) is 27.4. The minimum atomic E-state index is -4.55. The molecule has 4 rings (SSSR count). The summed E-state index contributed by atoms with van der Waals surface area (Å²) < 4.78 is 72.9. The first-order chi connectivity index (χ1) is 21.9. The van der Waals surface area contributed by atoms with Crippen molar-refractivity contribution in [1.82, 2.24) is 14.8 Å². The van der Waals surface area contributed by atoms with Crippen LogP contribution in [0, 0.1) is 11.8 Å². The average molecular weight is 662 g/mol. The SMILES string of the molecule is CN1CC[C@@H](Nc2cccc3c(CC(F)(F)F)c(C#CCOc4cnc(C(=O)N(C)C)cc4N(C)C(=O)OC(C)(C)C)oc23)[C@@H](F)C1. The molecule has 3 aromatic rings. The molecule has 1 aromatic carbocycles. The largest absolute Gasteiger partial charge is 0.477 e. The molecule has 1 fully saturated rings. The summed E-state index contributed by atoms with van der Waals surface area (Å²) in [6, 6.07) is 5.57. The molecule has 1 saturated heterocycles. The van der Waals surface area contributed by atoms with E-state index in [1.165, 1.54) is 30.3 Å². The molecule has 1 aliphatic rings. The second-order valence-electron chi connectivity index (χ2n) is 12.6. The number of para-hydroxylation sites is 1. The highest BCUT2D eigenvalue weighted by atomic mass is 19.4. The number of hydrogen-bond donors (Lipinski definition) is 1. The molecule has 0 saturated carbocycles. The summed E-state index contributed by atoms with van der Waals surface area (Å²) in [4.78, 5) is 33.9. The van der Waals surface area contributed by atoms with Gasteiger partial charge in [0.1, 0.15) is 24.1 Å². The Balaban J connectivity index is 1.64. The van der Waals surface area contributed by atoms with Crippen molar-refractivity contribution in [3.8, 4) is 17.6 Å². The van der Waals surface area contributed by atoms with Gasteiger partial charge in [-0.3, -0.25) is 9.69 Å². The lowest BCUT2D eigenvalue weighted by molar-refractivity contribution is -0.127. The van der Waals surface area contributed by atoms with E-state index in [0.29, 0.717) is 18.7 Å². The summed E-state index contributed by atoms with van der Waals surface area (Å²) in [6.45, 7) is 5.69. The highest BCUT2D eigenvalue weighted by Crippen LogP contribution is 2.36. The molecule has 0 radical (unpaired) electrons. The van der Waals surface area contributed by atoms with Crippen molar-refractivity contribution in [2.24, 2.45) is 0 Å². The average Bonchev–Trinajstić information content (AvgIpc) is 3.31. The number of rotatable bonds is 7. The fraction of sp³-hybridized carbons (Fsp3) is 0.485. The van der Waals surface area contributed by atoms with Gasteiger partial charge in [0.15, 0.2) is 17.1 Å². The second kappa shape index (κ2) is 14.1. The van der Waals surface area contributed by atoms with E-state index < -0.39 is 42.4 Å². The number of pyridine rings is 1. The molecule has 14 heteroatoms. The molecule has 2 amide bonds. The van der Waals surface area contributed by atoms with Gasteiger partial charge in [-0.1, -0.05) is 18.1 Å². The lowest BCUT2D eigenvalue weighted by Crippen LogP contribution is -2.46. The Bertz CT molecular complexity index is 1670. The van der Waals surface area contributed by atoms with Crippen LogP contribution in [0.3, 0.4) is 0 Å². The summed E-state index contributed by atoms with van der Waals surface area (Å²) in [5.74, 6) is 4.80. The van der Waals surface area contributed by atoms with E-state index in [4.69, 9.17) is 13.9 Å². The number of aromatic nitrogens is 1. The molecule has 10 nitrogen and oxygen atoms in total. The number of fused-ring (bicyclic) bond motifs is 1. The van der Waals surface area contributed by atoms with Gasteiger partial charge in [-0.15, -0.1) is 0 Å². The van der Waals surface area contributed by atoms with Crippen molar-refractivity contribution in [2.45, 2.75) is 57.6 Å². The van der Waals surface area contributed by atoms with Gasteiger partial charge in [0.2, 0.25) is 0 Å². The van der Waals surface area contributed by atoms with Crippen LogP contribution in [0.1, 0.15) is 49.0 Å². The second-order valence-corrected chi connectivity index (χ2v) is 12.6. The number of alkyl halides is 4. The van der Waals surface area contributed by atoms with Crippen molar-refractivity contribution in [3.05, 3.63) is 47.5 Å². The number of anilines is 2. The maximum absolute atomic E-state index is 14.8. The summed E-state index contributed by atoms with van der Waals surface area (Å²) in [6.07, 6.45) is -5.96. The smallest absolute Gasteiger partial charge is 0.414 e. The molecule has 2 atom stereocenters. The van der Waals surface area contributed by atoms with Gasteiger partial charge >= 0.3 is 12.3 Å². The van der Waals surface area contributed by atoms with E-state index in [0.717, 1.165) is 4.90 Å². The van der Waals surface area contributed by atoms with E-state index in [2.05, 4.69) is 22.1 Å². The minimum Gasteiger partial charge on any atom is -0.477 e. The number of hydrogen-bond acceptors (Lipinski definition) is 8. The maximum Gasteiger partial charge on any atom is 0.414 e. The minimum absolute atomic E-state index is 0.0432. The van der Waals surface area contributed by atoms with Crippen LogP contribution < -0.4 is 15.0 Å². The van der Waals surface area contributed by atoms with Crippen molar-refractivity contribution < 1.29 is 41.0 Å². The Labute approximate surface area is 271 Å². The quantitative estimate of drug-likeness (QED) is 0.247. The van der Waals surface area contributed by atoms with Crippen LogP contribution in [0.5, 0.6) is 5.75 Å². The van der Waals surface area contributed by atoms with E-state index in [1.807, 2.05) is 11.9 Å². The van der Waals surface area contributed by atoms with E-state index >= 15 is 0 Å². The predicted octanol–water partition coefficient (Wildman–Crippen LogP) is 5.89. The standard InChI is InChI=1S/C33H39F4N5O5/c1-32(2,3)47-31(44)42(7)26-16-25(30(43)40(4)5)38-18-28(26)45-15-9-12-27-21(17-33(35,36)37)20-10-8-11-24(29(20)46-27)39-23-13-14-41(6)19-22(23)34/h8,10-11,16,18,22-23,39H,13-15,17,19H2,1-7H3/t22-,23+/m0/s1. The molecule has 0 bridgehead atoms. The van der Waals surface area contributed by atoms with E-state index in [9.17, 15) is 27.2 Å². The molecule has 2 aromatic heterocycles. The predicted molar refractivity (Wildman–Crippen MR) is 170 cm³/mol. The molecule has 1 aliphatic heterocycles. The fourth-order valence-corrected chi connectivity index (χ4v) is 4.99. The van der Waals surface area contributed by atoms with Gasteiger partial charge in [-0.25, -0.2) is 14.2 Å². The Morgan fingerprint density at radius 3 is 2.55 bits per heavy atom. The van der Waals surface area contributed by atoms with Crippen molar-refractivity contribution in [3.63, 3.8) is 0 Å². The number of halogens is 4. The van der Waals surface area contributed by atoms with Crippen molar-refractivity contribution in [2.75, 3.05) is 58.1 Å². The number of piperidine rings is 1. The Morgan fingerprint density at radius 1 is 1.19 bits per heavy atom. The maximum atomic E-state index is 14.8. The van der Waals surface area contributed by atoms with Gasteiger partial charge in [0.05, 0.1) is 30.0 Å². The number of nitrogens with zero attached hydrogens (tertiary/aromatic N) is 4. The number of likely N-dealkylation sites (tertiary alicyclic amines) is 1. The Hall–Kier alpha value is -4.51. The van der Waals surface area contributed by atoms with Crippen molar-refractivity contribution >= 4 is 34.3 Å². The summed E-state index contributed by atoms with van der Waals surface area (Å²) >= 11 is 0. The van der Waals surface area contributed by atoms with Gasteiger partial charge < -0.3 is 29.0 Å². The van der Waals surface area contributed by atoms with Gasteiger partial charge in [-0.2, -0.15) is 13.2 Å². The Morgan fingerprint density at radius 2 is 1.91 bits per heavy atom. The highest BCUT2D eigenvalue weighted by molar-refractivity contribution is 5.96. The third kappa shape index (κ3) is 9.06. The lowest BCUT2D eigenvalue weighted by atomic mass is 10.0. The van der Waals surface area contributed by atoms with E-state index in [1.54, 1.807) is 47.0 Å². The molecular weight excluding hydrogens is 622 g/mol. The molecule has 1 N–H and O–H groups in total. The molecule has 0 spiro atoms. The van der Waals surface area contributed by atoms with E-state index in [-0.39, 0.29) is 52.6 Å². The number of nitrogens with one attached hydrogen (secondary N) is 1. The molecule has 0 unspecified atom stereocenters. The number of benzene rings is 1. The zero-order valence-corrected chi connectivity index (χ0v) is 27.4. The molecule has 3 heterocycles. The fourth-order valence-electron chi connectivity index (χ4n) is 4.99. The number of carbonyl (C=O) groups excluding carboxylic acids is 2. The van der Waals surface area contributed by atoms with Crippen LogP contribution in [0.4, 0.5) is 33.7 Å². The monoisotopic (exact) mass is 661 g/mol. The zero-order chi connectivity index (χ0) is 34.7. The van der Waals surface area contributed by atoms with Gasteiger partial charge in [0, 0.05) is 45.2 Å². The third-order valence-corrected chi connectivity index (χ3v) is 7.28. The van der Waals surface area contributed by atoms with Crippen LogP contribution in [0.15, 0.2) is 34.9 Å². The topological polar surface area (TPSA) is 100 Å². The first-order valence-corrected chi connectivity index (χ1v) is 14.9. The first kappa shape index (κ1) is 35.3. The number of amides is 2. The van der Waals surface area contributed by atoms with Crippen LogP contribution >= 0.6 is 0 Å². The van der Waals surface area contributed by atoms with Crippen LogP contribution in [0.25, 0.3) is 11.0 Å². The number of carbonyl (C=O) groups is 2. The summed E-state index contributed by atoms with van der Waals surface area (Å²) in [5, 5.41) is 3.33. The van der Waals surface area contributed by atoms with Crippen LogP contribution in [-0.4, -0.2) is 98.7 Å². The normalized spacial score (nSPS) is 17.1. The molecular formula is C33H39F4N5O5. The van der Waals surface area contributed by atoms with Crippen LogP contribution in [-0.2, 0) is 11.2 Å². The molecule has 254 valence electrons. The van der Waals surface area contributed by atoms with Crippen LogP contribution in [0.2, 0.25) is 0 Å². The molecule has 47 heavy (non-hydrogen) atoms. The highest BCUT2D eigenvalue weighted by Gasteiger charge is 2.33. The van der Waals surface area contributed by atoms with Gasteiger partial charge in [-0.05, 0) is 52.3 Å². The number of ether oxygens (including phenoxy) is 2. The van der Waals surface area contributed by atoms with Crippen molar-refractivity contribution in [1.29, 1.82) is 0 Å². The Kier molecular flexibility index (Phi) is 10.6.